The van der Waals surface area contributed by atoms with E-state index in [-0.39, 0.29) is 25.0 Å². The Bertz CT molecular complexity index is 940. The molecule has 2 amide bonds. The van der Waals surface area contributed by atoms with Crippen LogP contribution in [0.1, 0.15) is 30.1 Å². The fraction of sp³-hybridized carbons (Fsp3) is 0.375. The van der Waals surface area contributed by atoms with Gasteiger partial charge in [0.25, 0.3) is 11.8 Å². The predicted molar refractivity (Wildman–Crippen MR) is 123 cm³/mol. The van der Waals surface area contributed by atoms with E-state index in [9.17, 15) is 14.4 Å². The number of hydrogen-bond donors (Lipinski definition) is 1. The molecule has 0 spiro atoms. The van der Waals surface area contributed by atoms with Gasteiger partial charge in [-0.2, -0.15) is 0 Å². The molecule has 176 valence electrons. The molecular weight excluding hydrogens is 448 g/mol. The highest BCUT2D eigenvalue weighted by atomic mass is 35.5. The fourth-order valence-electron chi connectivity index (χ4n) is 3.42. The maximum atomic E-state index is 12.7. The van der Waals surface area contributed by atoms with Crippen molar-refractivity contribution in [2.45, 2.75) is 19.8 Å². The molecule has 0 atom stereocenters. The second kappa shape index (κ2) is 12.1. The minimum absolute atomic E-state index is 0.0607. The van der Waals surface area contributed by atoms with Gasteiger partial charge in [0.2, 0.25) is 0 Å². The molecule has 1 saturated heterocycles. The van der Waals surface area contributed by atoms with Gasteiger partial charge in [-0.25, -0.2) is 4.79 Å². The van der Waals surface area contributed by atoms with Gasteiger partial charge in [-0.15, -0.1) is 0 Å². The molecule has 1 N–H and O–H groups in total. The molecule has 1 fully saturated rings. The monoisotopic (exact) mass is 474 g/mol. The molecule has 1 heterocycles. The van der Waals surface area contributed by atoms with Crippen LogP contribution in [0.2, 0.25) is 5.02 Å². The van der Waals surface area contributed by atoms with E-state index in [4.69, 9.17) is 25.8 Å². The number of piperidine rings is 1. The number of ether oxygens (including phenoxy) is 3. The van der Waals surface area contributed by atoms with Crippen LogP contribution >= 0.6 is 11.6 Å². The summed E-state index contributed by atoms with van der Waals surface area (Å²) in [5, 5.41) is 3.50. The van der Waals surface area contributed by atoms with Crippen molar-refractivity contribution >= 4 is 29.6 Å². The van der Waals surface area contributed by atoms with E-state index in [2.05, 4.69) is 5.32 Å². The SMILES string of the molecule is CCOC(=O)Oc1ccc(C(=O)N2CCC(CNC(=O)COc3ccc(Cl)cc3)CC2)cc1. The second-order valence-corrected chi connectivity index (χ2v) is 8.03. The lowest BCUT2D eigenvalue weighted by atomic mass is 9.96. The van der Waals surface area contributed by atoms with E-state index in [1.54, 1.807) is 60.4 Å². The van der Waals surface area contributed by atoms with Crippen molar-refractivity contribution in [1.82, 2.24) is 10.2 Å². The van der Waals surface area contributed by atoms with E-state index in [0.717, 1.165) is 12.8 Å². The van der Waals surface area contributed by atoms with E-state index < -0.39 is 6.16 Å². The molecule has 0 bridgehead atoms. The Morgan fingerprint density at radius 2 is 1.64 bits per heavy atom. The Labute approximate surface area is 197 Å². The fourth-order valence-corrected chi connectivity index (χ4v) is 3.55. The zero-order valence-corrected chi connectivity index (χ0v) is 19.2. The summed E-state index contributed by atoms with van der Waals surface area (Å²) in [7, 11) is 0. The van der Waals surface area contributed by atoms with Crippen molar-refractivity contribution in [3.8, 4) is 11.5 Å². The van der Waals surface area contributed by atoms with Crippen LogP contribution < -0.4 is 14.8 Å². The minimum Gasteiger partial charge on any atom is -0.484 e. The van der Waals surface area contributed by atoms with Crippen LogP contribution in [0.4, 0.5) is 4.79 Å². The van der Waals surface area contributed by atoms with Crippen LogP contribution in [-0.4, -0.2) is 55.7 Å². The summed E-state index contributed by atoms with van der Waals surface area (Å²) < 4.78 is 15.2. The number of rotatable bonds is 8. The molecule has 2 aromatic carbocycles. The summed E-state index contributed by atoms with van der Waals surface area (Å²) in [4.78, 5) is 38.0. The maximum Gasteiger partial charge on any atom is 0.513 e. The lowest BCUT2D eigenvalue weighted by Gasteiger charge is -2.32. The molecule has 9 heteroatoms. The molecule has 33 heavy (non-hydrogen) atoms. The lowest BCUT2D eigenvalue weighted by Crippen LogP contribution is -2.42. The van der Waals surface area contributed by atoms with E-state index >= 15 is 0 Å². The molecule has 8 nitrogen and oxygen atoms in total. The number of hydrogen-bond acceptors (Lipinski definition) is 6. The number of likely N-dealkylation sites (tertiary alicyclic amines) is 1. The van der Waals surface area contributed by atoms with Crippen LogP contribution in [0.5, 0.6) is 11.5 Å². The first-order valence-electron chi connectivity index (χ1n) is 10.8. The van der Waals surface area contributed by atoms with Crippen molar-refractivity contribution in [1.29, 1.82) is 0 Å². The Balaban J connectivity index is 1.37. The predicted octanol–water partition coefficient (Wildman–Crippen LogP) is 3.92. The van der Waals surface area contributed by atoms with Gasteiger partial charge in [0, 0.05) is 30.2 Å². The Kier molecular flexibility index (Phi) is 8.95. The molecule has 1 aliphatic heterocycles. The highest BCUT2D eigenvalue weighted by molar-refractivity contribution is 6.30. The molecule has 2 aromatic rings. The van der Waals surface area contributed by atoms with Crippen molar-refractivity contribution in [3.63, 3.8) is 0 Å². The number of nitrogens with one attached hydrogen (secondary N) is 1. The van der Waals surface area contributed by atoms with Gasteiger partial charge in [-0.05, 0) is 74.2 Å². The van der Waals surface area contributed by atoms with E-state index in [1.807, 2.05) is 0 Å². The van der Waals surface area contributed by atoms with Crippen LogP contribution in [-0.2, 0) is 9.53 Å². The van der Waals surface area contributed by atoms with Crippen molar-refractivity contribution < 1.29 is 28.6 Å². The van der Waals surface area contributed by atoms with E-state index in [0.29, 0.717) is 47.6 Å². The third kappa shape index (κ3) is 7.68. The van der Waals surface area contributed by atoms with Gasteiger partial charge >= 0.3 is 6.16 Å². The summed E-state index contributed by atoms with van der Waals surface area (Å²) >= 11 is 5.83. The minimum atomic E-state index is -0.776. The normalized spacial score (nSPS) is 13.8. The molecule has 0 aromatic heterocycles. The topological polar surface area (TPSA) is 94.2 Å². The van der Waals surface area contributed by atoms with Gasteiger partial charge in [-0.3, -0.25) is 9.59 Å². The number of benzene rings is 2. The first kappa shape index (κ1) is 24.4. The first-order valence-corrected chi connectivity index (χ1v) is 11.2. The number of halogens is 1. The van der Waals surface area contributed by atoms with Gasteiger partial charge < -0.3 is 24.4 Å². The van der Waals surface area contributed by atoms with Crippen molar-refractivity contribution in [3.05, 3.63) is 59.1 Å². The number of nitrogens with zero attached hydrogens (tertiary/aromatic N) is 1. The molecule has 0 aliphatic carbocycles. The van der Waals surface area contributed by atoms with Crippen LogP contribution in [0.15, 0.2) is 48.5 Å². The van der Waals surface area contributed by atoms with Gasteiger partial charge in [0.1, 0.15) is 11.5 Å². The average molecular weight is 475 g/mol. The Morgan fingerprint density at radius 3 is 2.27 bits per heavy atom. The Morgan fingerprint density at radius 1 is 1.00 bits per heavy atom. The smallest absolute Gasteiger partial charge is 0.484 e. The van der Waals surface area contributed by atoms with Crippen LogP contribution in [0.25, 0.3) is 0 Å². The van der Waals surface area contributed by atoms with Crippen LogP contribution in [0, 0.1) is 5.92 Å². The second-order valence-electron chi connectivity index (χ2n) is 7.59. The number of amides is 2. The zero-order chi connectivity index (χ0) is 23.6. The largest absolute Gasteiger partial charge is 0.513 e. The van der Waals surface area contributed by atoms with Crippen molar-refractivity contribution in [2.24, 2.45) is 5.92 Å². The summed E-state index contributed by atoms with van der Waals surface area (Å²) in [5.41, 5.74) is 0.525. The number of carbonyl (C=O) groups excluding carboxylic acids is 3. The maximum absolute atomic E-state index is 12.7. The molecule has 1 aliphatic rings. The quantitative estimate of drug-likeness (QED) is 0.460. The first-order chi connectivity index (χ1) is 15.9. The molecule has 0 unspecified atom stereocenters. The highest BCUT2D eigenvalue weighted by Gasteiger charge is 2.24. The van der Waals surface area contributed by atoms with Crippen molar-refractivity contribution in [2.75, 3.05) is 32.8 Å². The van der Waals surface area contributed by atoms with Gasteiger partial charge in [0.05, 0.1) is 6.61 Å². The van der Waals surface area contributed by atoms with Gasteiger partial charge in [-0.1, -0.05) is 11.6 Å². The standard InChI is InChI=1S/C24H27ClN2O6/c1-2-31-24(30)33-21-7-3-18(4-8-21)23(29)27-13-11-17(12-14-27)15-26-22(28)16-32-20-9-5-19(25)6-10-20/h3-10,17H,2,11-16H2,1H3,(H,26,28). The summed E-state index contributed by atoms with van der Waals surface area (Å²) in [6, 6.07) is 13.2. The number of carbonyl (C=O) groups is 3. The summed E-state index contributed by atoms with van der Waals surface area (Å²) in [6.07, 6.45) is 0.824. The summed E-state index contributed by atoms with van der Waals surface area (Å²) in [5.74, 6) is 0.945. The summed E-state index contributed by atoms with van der Waals surface area (Å²) in [6.45, 7) is 3.63. The van der Waals surface area contributed by atoms with Gasteiger partial charge in [0.15, 0.2) is 6.61 Å². The average Bonchev–Trinajstić information content (AvgIpc) is 2.83. The molecule has 3 rings (SSSR count). The highest BCUT2D eigenvalue weighted by Crippen LogP contribution is 2.20. The Hall–Kier alpha value is -3.26. The molecule has 0 radical (unpaired) electrons. The zero-order valence-electron chi connectivity index (χ0n) is 18.4. The third-order valence-electron chi connectivity index (χ3n) is 5.24. The third-order valence-corrected chi connectivity index (χ3v) is 5.49. The van der Waals surface area contributed by atoms with E-state index in [1.165, 1.54) is 0 Å². The van der Waals surface area contributed by atoms with Crippen LogP contribution in [0.3, 0.4) is 0 Å². The molecular formula is C24H27ClN2O6. The molecule has 0 saturated carbocycles. The lowest BCUT2D eigenvalue weighted by molar-refractivity contribution is -0.123.